The second-order valence-electron chi connectivity index (χ2n) is 3.86. The number of benzene rings is 1. The van der Waals surface area contributed by atoms with Gasteiger partial charge < -0.3 is 9.88 Å². The van der Waals surface area contributed by atoms with Crippen LogP contribution in [0, 0.1) is 0 Å². The molecule has 0 aliphatic rings. The Balaban J connectivity index is 2.19. The van der Waals surface area contributed by atoms with Crippen molar-refractivity contribution >= 4 is 23.0 Å². The minimum Gasteiger partial charge on any atom is -0.338 e. The monoisotopic (exact) mass is 232 g/mol. The Labute approximate surface area is 99.8 Å². The first-order valence-corrected chi connectivity index (χ1v) is 5.68. The number of nitrogens with one attached hydrogen (secondary N) is 2. The molecule has 2 N–H and O–H groups in total. The Morgan fingerprint density at radius 1 is 1.41 bits per heavy atom. The molecule has 0 saturated heterocycles. The summed E-state index contributed by atoms with van der Waals surface area (Å²) in [6.07, 6.45) is 0.913. The van der Waals surface area contributed by atoms with Crippen molar-refractivity contribution in [2.45, 2.75) is 13.3 Å². The number of carbonyl (C=O) groups excluding carboxylic acids is 1. The second kappa shape index (κ2) is 4.86. The molecule has 0 unspecified atom stereocenters. The SMILES string of the molecule is CCCNC(=O)Nc1nc2ccccc2n1C. The van der Waals surface area contributed by atoms with Crippen LogP contribution in [0.5, 0.6) is 0 Å². The van der Waals surface area contributed by atoms with Crippen molar-refractivity contribution in [1.29, 1.82) is 0 Å². The number of rotatable bonds is 3. The maximum absolute atomic E-state index is 11.5. The van der Waals surface area contributed by atoms with E-state index >= 15 is 0 Å². The molecule has 0 fully saturated rings. The third-order valence-electron chi connectivity index (χ3n) is 2.55. The lowest BCUT2D eigenvalue weighted by molar-refractivity contribution is 0.252. The molecule has 2 aromatic rings. The molecule has 2 rings (SSSR count). The summed E-state index contributed by atoms with van der Waals surface area (Å²) < 4.78 is 1.86. The van der Waals surface area contributed by atoms with Crippen LogP contribution < -0.4 is 10.6 Å². The van der Waals surface area contributed by atoms with Crippen LogP contribution in [-0.4, -0.2) is 22.1 Å². The van der Waals surface area contributed by atoms with Crippen molar-refractivity contribution < 1.29 is 4.79 Å². The summed E-state index contributed by atoms with van der Waals surface area (Å²) in [6.45, 7) is 2.67. The van der Waals surface area contributed by atoms with Crippen LogP contribution in [0.15, 0.2) is 24.3 Å². The van der Waals surface area contributed by atoms with E-state index in [1.54, 1.807) is 0 Å². The van der Waals surface area contributed by atoms with E-state index in [-0.39, 0.29) is 6.03 Å². The molecule has 1 heterocycles. The van der Waals surface area contributed by atoms with E-state index < -0.39 is 0 Å². The fraction of sp³-hybridized carbons (Fsp3) is 0.333. The minimum absolute atomic E-state index is 0.217. The number of nitrogens with zero attached hydrogens (tertiary/aromatic N) is 2. The van der Waals surface area contributed by atoms with Gasteiger partial charge in [-0.1, -0.05) is 19.1 Å². The molecule has 1 aromatic heterocycles. The van der Waals surface area contributed by atoms with Gasteiger partial charge in [0.25, 0.3) is 0 Å². The molecule has 5 nitrogen and oxygen atoms in total. The Hall–Kier alpha value is -2.04. The number of aryl methyl sites for hydroxylation is 1. The number of carbonyl (C=O) groups is 1. The van der Waals surface area contributed by atoms with Crippen molar-refractivity contribution in [3.63, 3.8) is 0 Å². The number of hydrogen-bond acceptors (Lipinski definition) is 2. The summed E-state index contributed by atoms with van der Waals surface area (Å²) in [5.41, 5.74) is 1.87. The van der Waals surface area contributed by atoms with Gasteiger partial charge in [-0.05, 0) is 18.6 Å². The van der Waals surface area contributed by atoms with E-state index in [1.165, 1.54) is 0 Å². The Bertz CT molecular complexity index is 532. The maximum Gasteiger partial charge on any atom is 0.321 e. The van der Waals surface area contributed by atoms with Crippen LogP contribution in [0.25, 0.3) is 11.0 Å². The van der Waals surface area contributed by atoms with Crippen molar-refractivity contribution in [2.24, 2.45) is 7.05 Å². The predicted octanol–water partition coefficient (Wildman–Crippen LogP) is 2.10. The normalized spacial score (nSPS) is 10.5. The third kappa shape index (κ3) is 2.38. The lowest BCUT2D eigenvalue weighted by Crippen LogP contribution is -2.30. The minimum atomic E-state index is -0.217. The van der Waals surface area contributed by atoms with E-state index in [1.807, 2.05) is 42.8 Å². The van der Waals surface area contributed by atoms with Gasteiger partial charge in [0.15, 0.2) is 0 Å². The van der Waals surface area contributed by atoms with E-state index in [2.05, 4.69) is 15.6 Å². The van der Waals surface area contributed by atoms with Crippen LogP contribution in [-0.2, 0) is 7.05 Å². The maximum atomic E-state index is 11.5. The average Bonchev–Trinajstić information content (AvgIpc) is 2.64. The molecular weight excluding hydrogens is 216 g/mol. The standard InChI is InChI=1S/C12H16N4O/c1-3-8-13-12(17)15-11-14-9-6-4-5-7-10(9)16(11)2/h4-7H,3,8H2,1-2H3,(H2,13,14,15,17). The number of fused-ring (bicyclic) bond motifs is 1. The molecule has 17 heavy (non-hydrogen) atoms. The first-order chi connectivity index (χ1) is 8.22. The average molecular weight is 232 g/mol. The lowest BCUT2D eigenvalue weighted by atomic mass is 10.3. The fourth-order valence-electron chi connectivity index (χ4n) is 1.64. The molecule has 0 atom stereocenters. The predicted molar refractivity (Wildman–Crippen MR) is 68.0 cm³/mol. The first-order valence-electron chi connectivity index (χ1n) is 5.68. The number of aromatic nitrogens is 2. The van der Waals surface area contributed by atoms with Crippen molar-refractivity contribution in [1.82, 2.24) is 14.9 Å². The Morgan fingerprint density at radius 3 is 2.88 bits per heavy atom. The topological polar surface area (TPSA) is 59.0 Å². The van der Waals surface area contributed by atoms with Gasteiger partial charge in [0, 0.05) is 13.6 Å². The van der Waals surface area contributed by atoms with Gasteiger partial charge in [-0.25, -0.2) is 9.78 Å². The first kappa shape index (κ1) is 11.4. The van der Waals surface area contributed by atoms with Crippen molar-refractivity contribution in [2.75, 3.05) is 11.9 Å². The number of anilines is 1. The van der Waals surface area contributed by atoms with Crippen molar-refractivity contribution in [3.8, 4) is 0 Å². The molecule has 5 heteroatoms. The molecule has 0 bridgehead atoms. The summed E-state index contributed by atoms with van der Waals surface area (Å²) in [7, 11) is 1.88. The summed E-state index contributed by atoms with van der Waals surface area (Å²) in [4.78, 5) is 15.9. The lowest BCUT2D eigenvalue weighted by Gasteiger charge is -2.05. The largest absolute Gasteiger partial charge is 0.338 e. The van der Waals surface area contributed by atoms with E-state index in [4.69, 9.17) is 0 Å². The molecule has 0 aliphatic heterocycles. The van der Waals surface area contributed by atoms with Gasteiger partial charge >= 0.3 is 6.03 Å². The number of hydrogen-bond donors (Lipinski definition) is 2. The number of imidazole rings is 1. The van der Waals surface area contributed by atoms with Crippen LogP contribution in [0.2, 0.25) is 0 Å². The zero-order valence-electron chi connectivity index (χ0n) is 10.0. The zero-order chi connectivity index (χ0) is 12.3. The molecule has 1 aromatic carbocycles. The van der Waals surface area contributed by atoms with E-state index in [0.717, 1.165) is 17.5 Å². The molecule has 0 aliphatic carbocycles. The summed E-state index contributed by atoms with van der Waals surface area (Å²) in [5, 5.41) is 5.49. The second-order valence-corrected chi connectivity index (χ2v) is 3.86. The number of para-hydroxylation sites is 2. The molecule has 90 valence electrons. The fourth-order valence-corrected chi connectivity index (χ4v) is 1.64. The van der Waals surface area contributed by atoms with E-state index in [0.29, 0.717) is 12.5 Å². The summed E-state index contributed by atoms with van der Waals surface area (Å²) in [5.74, 6) is 0.555. The molecule has 0 spiro atoms. The quantitative estimate of drug-likeness (QED) is 0.851. The molecule has 0 saturated carbocycles. The number of amides is 2. The van der Waals surface area contributed by atoms with Gasteiger partial charge in [0.2, 0.25) is 5.95 Å². The van der Waals surface area contributed by atoms with Gasteiger partial charge in [0.1, 0.15) is 0 Å². The smallest absolute Gasteiger partial charge is 0.321 e. The molecular formula is C12H16N4O. The Morgan fingerprint density at radius 2 is 2.18 bits per heavy atom. The highest BCUT2D eigenvalue weighted by Gasteiger charge is 2.09. The van der Waals surface area contributed by atoms with Crippen molar-refractivity contribution in [3.05, 3.63) is 24.3 Å². The van der Waals surface area contributed by atoms with Crippen LogP contribution in [0.4, 0.5) is 10.7 Å². The van der Waals surface area contributed by atoms with Crippen LogP contribution in [0.1, 0.15) is 13.3 Å². The Kier molecular flexibility index (Phi) is 3.27. The van der Waals surface area contributed by atoms with Gasteiger partial charge in [-0.3, -0.25) is 5.32 Å². The highest BCUT2D eigenvalue weighted by Crippen LogP contribution is 2.17. The molecule has 2 amide bonds. The molecule has 0 radical (unpaired) electrons. The van der Waals surface area contributed by atoms with Gasteiger partial charge in [0.05, 0.1) is 11.0 Å². The third-order valence-corrected chi connectivity index (χ3v) is 2.55. The highest BCUT2D eigenvalue weighted by molar-refractivity contribution is 5.90. The number of urea groups is 1. The highest BCUT2D eigenvalue weighted by atomic mass is 16.2. The summed E-state index contributed by atoms with van der Waals surface area (Å²) >= 11 is 0. The van der Waals surface area contributed by atoms with Gasteiger partial charge in [-0.2, -0.15) is 0 Å². The zero-order valence-corrected chi connectivity index (χ0v) is 10.0. The summed E-state index contributed by atoms with van der Waals surface area (Å²) in [6, 6.07) is 7.55. The van der Waals surface area contributed by atoms with E-state index in [9.17, 15) is 4.79 Å². The van der Waals surface area contributed by atoms with Crippen LogP contribution in [0.3, 0.4) is 0 Å². The van der Waals surface area contributed by atoms with Gasteiger partial charge in [-0.15, -0.1) is 0 Å². The van der Waals surface area contributed by atoms with Crippen LogP contribution >= 0.6 is 0 Å².